The number of hydrogen-bond donors (Lipinski definition) is 4. The summed E-state index contributed by atoms with van der Waals surface area (Å²) in [6, 6.07) is 4.67. The van der Waals surface area contributed by atoms with E-state index in [9.17, 15) is 27.6 Å². The van der Waals surface area contributed by atoms with Crippen molar-refractivity contribution in [3.8, 4) is 23.1 Å². The first kappa shape index (κ1) is 30.0. The van der Waals surface area contributed by atoms with Gasteiger partial charge in [0.1, 0.15) is 6.54 Å². The molecule has 0 unspecified atom stereocenters. The molecule has 17 heteroatoms. The molecule has 0 aliphatic carbocycles. The van der Waals surface area contributed by atoms with Gasteiger partial charge in [0, 0.05) is 42.3 Å². The highest BCUT2D eigenvalue weighted by Crippen LogP contribution is 2.38. The standard InChI is InChI=1S/C27H25F3N10O4/c1-15-17(26(43)35-12-21(42)36-16-4-6-32-10-16)2-3-19(22(15)44-14-41)37-24-25-34-11-20(40(25)9-7-33-24)18-13-39(8-5-31)38-23(18)27(28,29)30/h2-3,7,9,11,13-14,16,32H,4,6,8,10,12H2,1H3,(H,33,37)(H,35,43)(H,36,42)/t16-/m1/s1. The van der Waals surface area contributed by atoms with Crippen LogP contribution in [0, 0.1) is 18.3 Å². The van der Waals surface area contributed by atoms with Crippen molar-refractivity contribution in [2.75, 3.05) is 25.0 Å². The zero-order valence-corrected chi connectivity index (χ0v) is 23.1. The molecular weight excluding hydrogens is 585 g/mol. The summed E-state index contributed by atoms with van der Waals surface area (Å²) in [6.45, 7) is 2.55. The maximum atomic E-state index is 13.8. The zero-order chi connectivity index (χ0) is 31.4. The second kappa shape index (κ2) is 12.4. The van der Waals surface area contributed by atoms with Gasteiger partial charge in [0.15, 0.2) is 22.9 Å². The lowest BCUT2D eigenvalue weighted by atomic mass is 10.1. The number of amides is 2. The average molecular weight is 611 g/mol. The van der Waals surface area contributed by atoms with Crippen LogP contribution in [0.5, 0.6) is 5.75 Å². The number of halogens is 3. The van der Waals surface area contributed by atoms with Gasteiger partial charge in [0.05, 0.1) is 35.8 Å². The van der Waals surface area contributed by atoms with Gasteiger partial charge < -0.3 is 26.0 Å². The van der Waals surface area contributed by atoms with Crippen molar-refractivity contribution in [1.29, 1.82) is 5.26 Å². The molecule has 14 nitrogen and oxygen atoms in total. The molecule has 0 radical (unpaired) electrons. The van der Waals surface area contributed by atoms with Gasteiger partial charge in [0.25, 0.3) is 12.4 Å². The molecule has 1 aliphatic heterocycles. The molecule has 4 aromatic rings. The molecule has 2 amide bonds. The van der Waals surface area contributed by atoms with Gasteiger partial charge in [-0.05, 0) is 32.0 Å². The fourth-order valence-corrected chi connectivity index (χ4v) is 4.85. The maximum absolute atomic E-state index is 13.8. The van der Waals surface area contributed by atoms with Gasteiger partial charge in [0.2, 0.25) is 5.91 Å². The van der Waals surface area contributed by atoms with Gasteiger partial charge in [-0.15, -0.1) is 0 Å². The third kappa shape index (κ3) is 6.15. The minimum Gasteiger partial charge on any atom is -0.426 e. The molecule has 5 rings (SSSR count). The number of carbonyl (C=O) groups excluding carboxylic acids is 3. The number of anilines is 2. The molecule has 1 fully saturated rings. The van der Waals surface area contributed by atoms with Gasteiger partial charge in [-0.2, -0.15) is 23.5 Å². The van der Waals surface area contributed by atoms with Crippen LogP contribution >= 0.6 is 0 Å². The normalized spacial score (nSPS) is 14.7. The summed E-state index contributed by atoms with van der Waals surface area (Å²) in [5.74, 6) is -0.825. The highest BCUT2D eigenvalue weighted by molar-refractivity contribution is 5.99. The van der Waals surface area contributed by atoms with E-state index in [1.807, 2.05) is 0 Å². The Hall–Kier alpha value is -5.50. The van der Waals surface area contributed by atoms with Crippen LogP contribution in [0.3, 0.4) is 0 Å². The molecular formula is C27H25F3N10O4. The number of nitrogens with one attached hydrogen (secondary N) is 4. The second-order valence-corrected chi connectivity index (χ2v) is 9.75. The number of hydrogen-bond acceptors (Lipinski definition) is 10. The number of rotatable bonds is 10. The smallest absolute Gasteiger partial charge is 0.426 e. The van der Waals surface area contributed by atoms with Crippen molar-refractivity contribution in [3.63, 3.8) is 0 Å². The molecule has 1 saturated heterocycles. The summed E-state index contributed by atoms with van der Waals surface area (Å²) < 4.78 is 48.7. The fourth-order valence-electron chi connectivity index (χ4n) is 4.85. The number of benzene rings is 1. The van der Waals surface area contributed by atoms with Crippen LogP contribution in [0.1, 0.15) is 28.0 Å². The molecule has 0 saturated carbocycles. The summed E-state index contributed by atoms with van der Waals surface area (Å²) in [6.07, 6.45) is 1.07. The molecule has 44 heavy (non-hydrogen) atoms. The summed E-state index contributed by atoms with van der Waals surface area (Å²) in [4.78, 5) is 45.0. The molecule has 1 aromatic carbocycles. The van der Waals surface area contributed by atoms with Crippen LogP contribution in [0.15, 0.2) is 36.9 Å². The molecule has 228 valence electrons. The summed E-state index contributed by atoms with van der Waals surface area (Å²) >= 11 is 0. The summed E-state index contributed by atoms with van der Waals surface area (Å²) in [7, 11) is 0. The Balaban J connectivity index is 1.41. The minimum absolute atomic E-state index is 0.00345. The van der Waals surface area contributed by atoms with Gasteiger partial charge in [-0.25, -0.2) is 9.97 Å². The van der Waals surface area contributed by atoms with Gasteiger partial charge in [-0.1, -0.05) is 0 Å². The largest absolute Gasteiger partial charge is 0.435 e. The van der Waals surface area contributed by atoms with E-state index < -0.39 is 17.8 Å². The van der Waals surface area contributed by atoms with Crippen molar-refractivity contribution >= 4 is 35.4 Å². The van der Waals surface area contributed by atoms with Crippen LogP contribution in [0.4, 0.5) is 24.7 Å². The monoisotopic (exact) mass is 610 g/mol. The predicted molar refractivity (Wildman–Crippen MR) is 148 cm³/mol. The van der Waals surface area contributed by atoms with Crippen LogP contribution in [-0.4, -0.2) is 68.1 Å². The van der Waals surface area contributed by atoms with E-state index in [4.69, 9.17) is 10.00 Å². The Labute approximate surface area is 247 Å². The number of ether oxygens (including phenoxy) is 1. The summed E-state index contributed by atoms with van der Waals surface area (Å²) in [5.41, 5.74) is -0.670. The van der Waals surface area contributed by atoms with Crippen molar-refractivity contribution in [2.24, 2.45) is 0 Å². The van der Waals surface area contributed by atoms with E-state index in [0.717, 1.165) is 23.8 Å². The average Bonchev–Trinajstić information content (AvgIpc) is 3.74. The molecule has 3 aromatic heterocycles. The zero-order valence-electron chi connectivity index (χ0n) is 23.1. The third-order valence-electron chi connectivity index (χ3n) is 6.87. The van der Waals surface area contributed by atoms with E-state index in [0.29, 0.717) is 6.54 Å². The Bertz CT molecular complexity index is 1770. The van der Waals surface area contributed by atoms with E-state index in [2.05, 4.69) is 36.3 Å². The van der Waals surface area contributed by atoms with Crippen LogP contribution < -0.4 is 26.0 Å². The summed E-state index contributed by atoms with van der Waals surface area (Å²) in [5, 5.41) is 23.9. The second-order valence-electron chi connectivity index (χ2n) is 9.75. The van der Waals surface area contributed by atoms with Gasteiger partial charge >= 0.3 is 6.18 Å². The van der Waals surface area contributed by atoms with Crippen molar-refractivity contribution in [1.82, 2.24) is 40.1 Å². The molecule has 1 atom stereocenters. The lowest BCUT2D eigenvalue weighted by Crippen LogP contribution is -2.42. The Morgan fingerprint density at radius 1 is 1.30 bits per heavy atom. The fraction of sp³-hybridized carbons (Fsp3) is 0.296. The quantitative estimate of drug-likeness (QED) is 0.194. The molecule has 1 aliphatic rings. The highest BCUT2D eigenvalue weighted by atomic mass is 19.4. The first-order valence-electron chi connectivity index (χ1n) is 13.2. The van der Waals surface area contributed by atoms with E-state index in [1.165, 1.54) is 35.1 Å². The highest BCUT2D eigenvalue weighted by Gasteiger charge is 2.38. The molecule has 4 heterocycles. The SMILES string of the molecule is Cc1c(C(=O)NCC(=O)N[C@@H]2CCNC2)ccc(Nc2nccn3c(-c4cn(CC#N)nc4C(F)(F)F)cnc23)c1OC=O. The predicted octanol–water partition coefficient (Wildman–Crippen LogP) is 1.93. The number of nitriles is 1. The topological polar surface area (TPSA) is 180 Å². The first-order chi connectivity index (χ1) is 21.1. The van der Waals surface area contributed by atoms with Crippen LogP contribution in [-0.2, 0) is 22.3 Å². The van der Waals surface area contributed by atoms with Crippen LogP contribution in [0.25, 0.3) is 16.9 Å². The first-order valence-corrected chi connectivity index (χ1v) is 13.2. The molecule has 0 spiro atoms. The lowest BCUT2D eigenvalue weighted by molar-refractivity contribution is -0.141. The Morgan fingerprint density at radius 2 is 2.11 bits per heavy atom. The van der Waals surface area contributed by atoms with Crippen molar-refractivity contribution in [2.45, 2.75) is 32.1 Å². The van der Waals surface area contributed by atoms with Crippen LogP contribution in [0.2, 0.25) is 0 Å². The Kier molecular flexibility index (Phi) is 8.44. The van der Waals surface area contributed by atoms with E-state index >= 15 is 0 Å². The number of carbonyl (C=O) groups is 3. The molecule has 0 bridgehead atoms. The number of nitrogens with zero attached hydrogens (tertiary/aromatic N) is 6. The molecule has 4 N–H and O–H groups in total. The number of fused-ring (bicyclic) bond motifs is 1. The third-order valence-corrected chi connectivity index (χ3v) is 6.87. The Morgan fingerprint density at radius 3 is 2.82 bits per heavy atom. The minimum atomic E-state index is -4.79. The lowest BCUT2D eigenvalue weighted by Gasteiger charge is -2.16. The van der Waals surface area contributed by atoms with E-state index in [1.54, 1.807) is 13.0 Å². The number of alkyl halides is 3. The maximum Gasteiger partial charge on any atom is 0.435 e. The number of aromatic nitrogens is 5. The van der Waals surface area contributed by atoms with Crippen molar-refractivity contribution < 1.29 is 32.3 Å². The van der Waals surface area contributed by atoms with Gasteiger partial charge in [-0.3, -0.25) is 23.5 Å². The van der Waals surface area contributed by atoms with E-state index in [-0.39, 0.29) is 76.8 Å². The van der Waals surface area contributed by atoms with Crippen molar-refractivity contribution in [3.05, 3.63) is 53.7 Å². The number of imidazole rings is 1.